The van der Waals surface area contributed by atoms with E-state index < -0.39 is 17.7 Å². The number of benzene rings is 1. The zero-order valence-electron chi connectivity index (χ0n) is 15.1. The Morgan fingerprint density at radius 2 is 2.07 bits per heavy atom. The molecule has 1 aromatic heterocycles. The van der Waals surface area contributed by atoms with Crippen molar-refractivity contribution in [3.8, 4) is 0 Å². The number of Topliss-reactive ketones (excluding diaryl/α,β-unsaturated/α-hetero) is 1. The van der Waals surface area contributed by atoms with Crippen molar-refractivity contribution in [2.24, 2.45) is 0 Å². The minimum atomic E-state index is -0.797. The third-order valence-electron chi connectivity index (χ3n) is 4.42. The third-order valence-corrected chi connectivity index (χ3v) is 4.65. The van der Waals surface area contributed by atoms with Crippen molar-refractivity contribution in [3.05, 3.63) is 64.1 Å². The highest BCUT2D eigenvalue weighted by Gasteiger charge is 2.47. The lowest BCUT2D eigenvalue weighted by Crippen LogP contribution is -2.31. The van der Waals surface area contributed by atoms with Crippen molar-refractivity contribution in [2.75, 3.05) is 20.3 Å². The number of amides is 1. The number of carbonyl (C=O) groups excluding carboxylic acids is 2. The molecule has 1 unspecified atom stereocenters. The first-order chi connectivity index (χ1) is 12.9. The number of rotatable bonds is 6. The number of carbonyl (C=O) groups is 2. The molecule has 7 heteroatoms. The number of ketones is 1. The second-order valence-electron chi connectivity index (χ2n) is 6.30. The number of aryl methyl sites for hydroxylation is 1. The molecule has 1 N–H and O–H groups in total. The van der Waals surface area contributed by atoms with Crippen molar-refractivity contribution in [2.45, 2.75) is 19.4 Å². The van der Waals surface area contributed by atoms with Gasteiger partial charge in [-0.2, -0.15) is 0 Å². The summed E-state index contributed by atoms with van der Waals surface area (Å²) in [7, 11) is 1.57. The largest absolute Gasteiger partial charge is 0.507 e. The van der Waals surface area contributed by atoms with E-state index in [4.69, 9.17) is 20.8 Å². The summed E-state index contributed by atoms with van der Waals surface area (Å²) < 4.78 is 10.7. The molecule has 1 aromatic carbocycles. The molecule has 142 valence electrons. The van der Waals surface area contributed by atoms with E-state index in [0.29, 0.717) is 41.7 Å². The Morgan fingerprint density at radius 3 is 2.70 bits per heavy atom. The number of halogens is 1. The average molecular weight is 390 g/mol. The number of aliphatic hydroxyl groups is 1. The van der Waals surface area contributed by atoms with Gasteiger partial charge in [-0.3, -0.25) is 9.59 Å². The van der Waals surface area contributed by atoms with Crippen molar-refractivity contribution in [3.63, 3.8) is 0 Å². The van der Waals surface area contributed by atoms with E-state index in [2.05, 4.69) is 0 Å². The summed E-state index contributed by atoms with van der Waals surface area (Å²) >= 11 is 6.00. The van der Waals surface area contributed by atoms with Gasteiger partial charge in [-0.15, -0.1) is 0 Å². The average Bonchev–Trinajstić information content (AvgIpc) is 3.17. The van der Waals surface area contributed by atoms with E-state index in [-0.39, 0.29) is 11.3 Å². The van der Waals surface area contributed by atoms with Gasteiger partial charge in [-0.1, -0.05) is 23.7 Å². The summed E-state index contributed by atoms with van der Waals surface area (Å²) in [6, 6.07) is 9.16. The van der Waals surface area contributed by atoms with Crippen LogP contribution in [0.2, 0.25) is 5.02 Å². The fraction of sp³-hybridized carbons (Fsp3) is 0.300. The molecule has 1 fully saturated rings. The minimum absolute atomic E-state index is 0.00552. The summed E-state index contributed by atoms with van der Waals surface area (Å²) in [5, 5.41) is 11.2. The number of nitrogens with zero attached hydrogens (tertiary/aromatic N) is 1. The molecule has 1 aliphatic rings. The van der Waals surface area contributed by atoms with Gasteiger partial charge in [0.25, 0.3) is 11.7 Å². The Bertz CT molecular complexity index is 901. The number of aliphatic hydroxyl groups excluding tert-OH is 1. The first-order valence-electron chi connectivity index (χ1n) is 8.53. The van der Waals surface area contributed by atoms with Gasteiger partial charge in [0.1, 0.15) is 23.3 Å². The van der Waals surface area contributed by atoms with E-state index in [0.717, 1.165) is 0 Å². The van der Waals surface area contributed by atoms with Gasteiger partial charge in [0.2, 0.25) is 0 Å². The molecule has 0 radical (unpaired) electrons. The second-order valence-corrected chi connectivity index (χ2v) is 6.73. The maximum absolute atomic E-state index is 12.7. The van der Waals surface area contributed by atoms with Crippen molar-refractivity contribution >= 4 is 29.1 Å². The van der Waals surface area contributed by atoms with E-state index in [1.807, 2.05) is 0 Å². The Labute approximate surface area is 162 Å². The normalized spacial score (nSPS) is 19.1. The monoisotopic (exact) mass is 389 g/mol. The summed E-state index contributed by atoms with van der Waals surface area (Å²) in [6.07, 6.45) is 0.552. The van der Waals surface area contributed by atoms with Gasteiger partial charge in [-0.25, -0.2) is 0 Å². The van der Waals surface area contributed by atoms with Crippen LogP contribution in [0.25, 0.3) is 5.76 Å². The maximum atomic E-state index is 12.7. The molecular formula is C20H20ClNO5. The molecule has 0 bridgehead atoms. The van der Waals surface area contributed by atoms with Gasteiger partial charge >= 0.3 is 0 Å². The van der Waals surface area contributed by atoms with E-state index >= 15 is 0 Å². The highest BCUT2D eigenvalue weighted by atomic mass is 35.5. The van der Waals surface area contributed by atoms with Crippen LogP contribution < -0.4 is 0 Å². The molecular weight excluding hydrogens is 370 g/mol. The molecule has 0 spiro atoms. The number of furan rings is 1. The van der Waals surface area contributed by atoms with Gasteiger partial charge in [0, 0.05) is 30.8 Å². The molecule has 2 heterocycles. The Kier molecular flexibility index (Phi) is 5.68. The third kappa shape index (κ3) is 3.77. The van der Waals surface area contributed by atoms with E-state index in [1.165, 1.54) is 4.90 Å². The quantitative estimate of drug-likeness (QED) is 0.352. The molecule has 0 saturated carbocycles. The molecule has 2 aromatic rings. The van der Waals surface area contributed by atoms with Crippen molar-refractivity contribution in [1.29, 1.82) is 0 Å². The summed E-state index contributed by atoms with van der Waals surface area (Å²) in [6.45, 7) is 2.52. The molecule has 27 heavy (non-hydrogen) atoms. The number of methoxy groups -OCH3 is 1. The summed E-state index contributed by atoms with van der Waals surface area (Å²) in [5.74, 6) is -0.621. The van der Waals surface area contributed by atoms with Crippen LogP contribution in [0.3, 0.4) is 0 Å². The summed E-state index contributed by atoms with van der Waals surface area (Å²) in [5.41, 5.74) is 0.361. The topological polar surface area (TPSA) is 80.0 Å². The van der Waals surface area contributed by atoms with Crippen LogP contribution in [-0.2, 0) is 14.3 Å². The molecule has 0 aliphatic carbocycles. The molecule has 1 saturated heterocycles. The maximum Gasteiger partial charge on any atom is 0.295 e. The Hall–Kier alpha value is -2.57. The van der Waals surface area contributed by atoms with Crippen LogP contribution >= 0.6 is 11.6 Å². The standard InChI is InChI=1S/C20H20ClNO5/c1-12-7-8-15(27-12)17-16(18(23)13-5-3-6-14(21)11-13)19(24)20(25)22(17)9-4-10-26-2/h3,5-8,11,17,23H,4,9-10H2,1-2H3/b18-16-. The lowest BCUT2D eigenvalue weighted by molar-refractivity contribution is -0.140. The molecule has 6 nitrogen and oxygen atoms in total. The first-order valence-corrected chi connectivity index (χ1v) is 8.91. The SMILES string of the molecule is COCCCN1C(=O)C(=O)/C(=C(\O)c2cccc(Cl)c2)C1c1ccc(C)o1. The van der Waals surface area contributed by atoms with Crippen molar-refractivity contribution < 1.29 is 23.8 Å². The lowest BCUT2D eigenvalue weighted by Gasteiger charge is -2.23. The predicted octanol–water partition coefficient (Wildman–Crippen LogP) is 3.70. The van der Waals surface area contributed by atoms with Gasteiger partial charge in [-0.05, 0) is 37.6 Å². The molecule has 1 aliphatic heterocycles. The van der Waals surface area contributed by atoms with E-state index in [1.54, 1.807) is 50.4 Å². The number of hydrogen-bond acceptors (Lipinski definition) is 5. The Balaban J connectivity index is 2.10. The minimum Gasteiger partial charge on any atom is -0.507 e. The zero-order chi connectivity index (χ0) is 19.6. The Morgan fingerprint density at radius 1 is 1.30 bits per heavy atom. The number of hydrogen-bond donors (Lipinski definition) is 1. The smallest absolute Gasteiger partial charge is 0.295 e. The highest BCUT2D eigenvalue weighted by Crippen LogP contribution is 2.40. The molecule has 1 amide bonds. The summed E-state index contributed by atoms with van der Waals surface area (Å²) in [4.78, 5) is 26.8. The van der Waals surface area contributed by atoms with Crippen LogP contribution in [0.1, 0.15) is 29.5 Å². The van der Waals surface area contributed by atoms with Crippen LogP contribution in [0, 0.1) is 6.92 Å². The van der Waals surface area contributed by atoms with Crippen LogP contribution in [0.4, 0.5) is 0 Å². The zero-order valence-corrected chi connectivity index (χ0v) is 15.8. The lowest BCUT2D eigenvalue weighted by atomic mass is 9.99. The molecule has 1 atom stereocenters. The van der Waals surface area contributed by atoms with Crippen LogP contribution in [-0.4, -0.2) is 42.0 Å². The highest BCUT2D eigenvalue weighted by molar-refractivity contribution is 6.46. The van der Waals surface area contributed by atoms with E-state index in [9.17, 15) is 14.7 Å². The van der Waals surface area contributed by atoms with Gasteiger partial charge in [0.15, 0.2) is 0 Å². The predicted molar refractivity (Wildman–Crippen MR) is 100 cm³/mol. The van der Waals surface area contributed by atoms with Crippen LogP contribution in [0.5, 0.6) is 0 Å². The van der Waals surface area contributed by atoms with Gasteiger partial charge in [0.05, 0.1) is 5.57 Å². The first kappa shape index (κ1) is 19.2. The number of ether oxygens (including phenoxy) is 1. The fourth-order valence-corrected chi connectivity index (χ4v) is 3.37. The molecule has 3 rings (SSSR count). The van der Waals surface area contributed by atoms with Crippen molar-refractivity contribution in [1.82, 2.24) is 4.90 Å². The van der Waals surface area contributed by atoms with Crippen LogP contribution in [0.15, 0.2) is 46.4 Å². The van der Waals surface area contributed by atoms with Gasteiger partial charge < -0.3 is 19.2 Å². The fourth-order valence-electron chi connectivity index (χ4n) is 3.18. The second kappa shape index (κ2) is 7.98. The number of likely N-dealkylation sites (tertiary alicyclic amines) is 1.